The van der Waals surface area contributed by atoms with E-state index >= 15 is 0 Å². The first-order valence-corrected chi connectivity index (χ1v) is 14.3. The summed E-state index contributed by atoms with van der Waals surface area (Å²) >= 11 is 0. The van der Waals surface area contributed by atoms with Crippen molar-refractivity contribution >= 4 is 49.6 Å². The van der Waals surface area contributed by atoms with E-state index in [1.807, 2.05) is 18.2 Å². The SMILES string of the molecule is c1ccc(-c2ccccc2N(c2cccc(-c3cc4ccccc4o3)c2)c2cc3ccccc3c3ccccc23)cc1. The molecule has 0 fully saturated rings. The minimum Gasteiger partial charge on any atom is -0.456 e. The fraction of sp³-hybridized carbons (Fsp3) is 0. The Morgan fingerprint density at radius 3 is 1.93 bits per heavy atom. The molecule has 0 bridgehead atoms. The Morgan fingerprint density at radius 1 is 0.405 bits per heavy atom. The molecule has 0 spiro atoms. The number of hydrogen-bond acceptors (Lipinski definition) is 2. The highest BCUT2D eigenvalue weighted by molar-refractivity contribution is 6.15. The van der Waals surface area contributed by atoms with Gasteiger partial charge in [0.2, 0.25) is 0 Å². The van der Waals surface area contributed by atoms with Crippen LogP contribution < -0.4 is 4.90 Å². The first-order chi connectivity index (χ1) is 20.8. The summed E-state index contributed by atoms with van der Waals surface area (Å²) < 4.78 is 6.30. The molecule has 0 aliphatic carbocycles. The fourth-order valence-corrected chi connectivity index (χ4v) is 6.08. The molecule has 198 valence electrons. The summed E-state index contributed by atoms with van der Waals surface area (Å²) in [4.78, 5) is 2.41. The number of rotatable bonds is 5. The van der Waals surface area contributed by atoms with E-state index in [1.54, 1.807) is 0 Å². The second-order valence-corrected chi connectivity index (χ2v) is 10.6. The molecule has 2 heteroatoms. The van der Waals surface area contributed by atoms with Crippen molar-refractivity contribution in [1.29, 1.82) is 0 Å². The number of hydrogen-bond donors (Lipinski definition) is 0. The van der Waals surface area contributed by atoms with E-state index in [9.17, 15) is 0 Å². The number of anilines is 3. The standard InChI is InChI=1S/C40H27NO/c1-2-13-28(14-3-1)34-20-9-10-23-37(34)41(38-26-29-15-4-6-19-33(29)35-21-7-8-22-36(35)38)32-18-12-17-30(25-32)40-27-31-16-5-11-24-39(31)42-40/h1-27H. The Labute approximate surface area is 244 Å². The average Bonchev–Trinajstić information content (AvgIpc) is 3.51. The zero-order valence-electron chi connectivity index (χ0n) is 22.9. The van der Waals surface area contributed by atoms with E-state index in [0.717, 1.165) is 39.4 Å². The molecule has 1 aromatic heterocycles. The van der Waals surface area contributed by atoms with Gasteiger partial charge < -0.3 is 9.32 Å². The molecule has 0 aliphatic heterocycles. The van der Waals surface area contributed by atoms with E-state index < -0.39 is 0 Å². The van der Waals surface area contributed by atoms with Crippen LogP contribution in [0.5, 0.6) is 0 Å². The largest absolute Gasteiger partial charge is 0.456 e. The monoisotopic (exact) mass is 537 g/mol. The molecular formula is C40H27NO. The van der Waals surface area contributed by atoms with Gasteiger partial charge in [-0.15, -0.1) is 0 Å². The molecule has 0 atom stereocenters. The second-order valence-electron chi connectivity index (χ2n) is 10.6. The smallest absolute Gasteiger partial charge is 0.135 e. The van der Waals surface area contributed by atoms with Crippen LogP contribution in [0.25, 0.3) is 55.0 Å². The van der Waals surface area contributed by atoms with Gasteiger partial charge in [0.15, 0.2) is 0 Å². The van der Waals surface area contributed by atoms with Gasteiger partial charge in [-0.1, -0.05) is 127 Å². The Morgan fingerprint density at radius 2 is 1.07 bits per heavy atom. The molecule has 0 radical (unpaired) electrons. The van der Waals surface area contributed by atoms with Crippen molar-refractivity contribution in [2.45, 2.75) is 0 Å². The van der Waals surface area contributed by atoms with Crippen molar-refractivity contribution < 1.29 is 4.42 Å². The highest BCUT2D eigenvalue weighted by atomic mass is 16.3. The molecular weight excluding hydrogens is 510 g/mol. The number of fused-ring (bicyclic) bond motifs is 4. The van der Waals surface area contributed by atoms with Gasteiger partial charge in [-0.25, -0.2) is 0 Å². The lowest BCUT2D eigenvalue weighted by atomic mass is 9.97. The summed E-state index contributed by atoms with van der Waals surface area (Å²) in [5.41, 5.74) is 7.60. The lowest BCUT2D eigenvalue weighted by Gasteiger charge is -2.30. The predicted molar refractivity (Wildman–Crippen MR) is 177 cm³/mol. The number of nitrogens with zero attached hydrogens (tertiary/aromatic N) is 1. The molecule has 1 heterocycles. The summed E-state index contributed by atoms with van der Waals surface area (Å²) in [6, 6.07) is 58.0. The Bertz CT molecular complexity index is 2180. The molecule has 8 aromatic rings. The molecule has 0 saturated carbocycles. The zero-order chi connectivity index (χ0) is 27.9. The lowest BCUT2D eigenvalue weighted by molar-refractivity contribution is 0.631. The van der Waals surface area contributed by atoms with Crippen LogP contribution >= 0.6 is 0 Å². The van der Waals surface area contributed by atoms with Crippen molar-refractivity contribution in [3.05, 3.63) is 164 Å². The van der Waals surface area contributed by atoms with Gasteiger partial charge in [-0.2, -0.15) is 0 Å². The van der Waals surface area contributed by atoms with Gasteiger partial charge in [0.05, 0.1) is 11.4 Å². The first-order valence-electron chi connectivity index (χ1n) is 14.3. The highest BCUT2D eigenvalue weighted by Crippen LogP contribution is 2.46. The first kappa shape index (κ1) is 24.2. The maximum Gasteiger partial charge on any atom is 0.135 e. The van der Waals surface area contributed by atoms with Crippen LogP contribution in [0.3, 0.4) is 0 Å². The van der Waals surface area contributed by atoms with Crippen LogP contribution in [-0.4, -0.2) is 0 Å². The van der Waals surface area contributed by atoms with Crippen LogP contribution in [-0.2, 0) is 0 Å². The lowest BCUT2D eigenvalue weighted by Crippen LogP contribution is -2.12. The third-order valence-electron chi connectivity index (χ3n) is 8.03. The highest BCUT2D eigenvalue weighted by Gasteiger charge is 2.21. The van der Waals surface area contributed by atoms with Gasteiger partial charge >= 0.3 is 0 Å². The number of benzene rings is 7. The summed E-state index contributed by atoms with van der Waals surface area (Å²) in [5, 5.41) is 6.00. The normalized spacial score (nSPS) is 11.3. The second kappa shape index (κ2) is 10.1. The molecule has 8 rings (SSSR count). The van der Waals surface area contributed by atoms with Gasteiger partial charge in [-0.3, -0.25) is 0 Å². The van der Waals surface area contributed by atoms with Crippen molar-refractivity contribution in [3.63, 3.8) is 0 Å². The maximum absolute atomic E-state index is 6.30. The maximum atomic E-state index is 6.30. The molecule has 0 unspecified atom stereocenters. The molecule has 0 N–H and O–H groups in total. The summed E-state index contributed by atoms with van der Waals surface area (Å²) in [6.07, 6.45) is 0. The van der Waals surface area contributed by atoms with Gasteiger partial charge in [0, 0.05) is 27.6 Å². The van der Waals surface area contributed by atoms with Crippen LogP contribution in [0.4, 0.5) is 17.1 Å². The van der Waals surface area contributed by atoms with Crippen molar-refractivity contribution in [2.24, 2.45) is 0 Å². The van der Waals surface area contributed by atoms with E-state index in [2.05, 4.69) is 150 Å². The topological polar surface area (TPSA) is 16.4 Å². The predicted octanol–water partition coefficient (Wildman–Crippen LogP) is 11.5. The van der Waals surface area contributed by atoms with Crippen molar-refractivity contribution in [2.75, 3.05) is 4.90 Å². The Kier molecular flexibility index (Phi) is 5.82. The molecule has 42 heavy (non-hydrogen) atoms. The number of para-hydroxylation sites is 2. The van der Waals surface area contributed by atoms with Crippen LogP contribution in [0, 0.1) is 0 Å². The van der Waals surface area contributed by atoms with E-state index in [0.29, 0.717) is 0 Å². The summed E-state index contributed by atoms with van der Waals surface area (Å²) in [6.45, 7) is 0. The Balaban J connectivity index is 1.42. The molecule has 0 amide bonds. The van der Waals surface area contributed by atoms with E-state index in [-0.39, 0.29) is 0 Å². The van der Waals surface area contributed by atoms with Crippen LogP contribution in [0.2, 0.25) is 0 Å². The Hall–Kier alpha value is -5.60. The van der Waals surface area contributed by atoms with Gasteiger partial charge in [-0.05, 0) is 58.1 Å². The van der Waals surface area contributed by atoms with Crippen LogP contribution in [0.1, 0.15) is 0 Å². The minimum absolute atomic E-state index is 0.859. The molecule has 2 nitrogen and oxygen atoms in total. The van der Waals surface area contributed by atoms with E-state index in [4.69, 9.17) is 4.42 Å². The van der Waals surface area contributed by atoms with Gasteiger partial charge in [0.1, 0.15) is 11.3 Å². The quantitative estimate of drug-likeness (QED) is 0.203. The van der Waals surface area contributed by atoms with Crippen LogP contribution in [0.15, 0.2) is 168 Å². The van der Waals surface area contributed by atoms with E-state index in [1.165, 1.54) is 32.7 Å². The van der Waals surface area contributed by atoms with Crippen molar-refractivity contribution in [3.8, 4) is 22.5 Å². The summed E-state index contributed by atoms with van der Waals surface area (Å²) in [7, 11) is 0. The fourth-order valence-electron chi connectivity index (χ4n) is 6.08. The zero-order valence-corrected chi connectivity index (χ0v) is 22.9. The summed E-state index contributed by atoms with van der Waals surface area (Å²) in [5.74, 6) is 0.859. The third-order valence-corrected chi connectivity index (χ3v) is 8.03. The molecule has 0 aliphatic rings. The third kappa shape index (κ3) is 4.13. The van der Waals surface area contributed by atoms with Gasteiger partial charge in [0.25, 0.3) is 0 Å². The van der Waals surface area contributed by atoms with Crippen molar-refractivity contribution in [1.82, 2.24) is 0 Å². The molecule has 7 aromatic carbocycles. The average molecular weight is 538 g/mol. The minimum atomic E-state index is 0.859. The number of furan rings is 1. The molecule has 0 saturated heterocycles.